The van der Waals surface area contributed by atoms with Gasteiger partial charge in [0.2, 0.25) is 5.88 Å². The molecule has 3 rings (SSSR count). The quantitative estimate of drug-likeness (QED) is 0.802. The summed E-state index contributed by atoms with van der Waals surface area (Å²) in [7, 11) is 0. The highest BCUT2D eigenvalue weighted by Crippen LogP contribution is 2.25. The van der Waals surface area contributed by atoms with Gasteiger partial charge >= 0.3 is 0 Å². The first-order valence-electron chi connectivity index (χ1n) is 6.81. The number of carbonyl (C=O) groups is 1. The van der Waals surface area contributed by atoms with Gasteiger partial charge in [-0.3, -0.25) is 4.79 Å². The number of anilines is 1. The Morgan fingerprint density at radius 3 is 2.91 bits per heavy atom. The van der Waals surface area contributed by atoms with Crippen LogP contribution < -0.4 is 10.1 Å². The number of hydrogen-bond donors (Lipinski definition) is 1. The fourth-order valence-electron chi connectivity index (χ4n) is 2.03. The number of aryl methyl sites for hydroxylation is 2. The Morgan fingerprint density at radius 1 is 1.23 bits per heavy atom. The molecule has 0 fully saturated rings. The number of fused-ring (bicyclic) bond motifs is 1. The predicted molar refractivity (Wildman–Crippen MR) is 87.5 cm³/mol. The maximum absolute atomic E-state index is 12.0. The molecule has 2 aromatic heterocycles. The molecule has 6 heteroatoms. The van der Waals surface area contributed by atoms with Crippen LogP contribution in [0.2, 0.25) is 0 Å². The van der Waals surface area contributed by atoms with E-state index in [0.717, 1.165) is 21.5 Å². The Bertz CT molecular complexity index is 829. The molecule has 3 aromatic rings. The zero-order chi connectivity index (χ0) is 15.5. The van der Waals surface area contributed by atoms with Crippen LogP contribution in [0.5, 0.6) is 5.88 Å². The minimum Gasteiger partial charge on any atom is -0.467 e. The molecule has 0 saturated heterocycles. The third-order valence-electron chi connectivity index (χ3n) is 3.36. The van der Waals surface area contributed by atoms with E-state index in [1.54, 1.807) is 0 Å². The summed E-state index contributed by atoms with van der Waals surface area (Å²) < 4.78 is 5.51. The fraction of sp³-hybridized carbons (Fsp3) is 0.188. The van der Waals surface area contributed by atoms with E-state index >= 15 is 0 Å². The molecule has 112 valence electrons. The van der Waals surface area contributed by atoms with Crippen molar-refractivity contribution in [3.8, 4) is 5.88 Å². The number of nitrogens with one attached hydrogen (secondary N) is 1. The van der Waals surface area contributed by atoms with Gasteiger partial charge in [0.25, 0.3) is 5.91 Å². The molecule has 0 aliphatic rings. The van der Waals surface area contributed by atoms with Crippen LogP contribution in [0, 0.1) is 13.8 Å². The molecule has 0 spiro atoms. The molecule has 0 bridgehead atoms. The van der Waals surface area contributed by atoms with Crippen LogP contribution in [0.4, 0.5) is 5.69 Å². The van der Waals surface area contributed by atoms with Gasteiger partial charge in [0, 0.05) is 5.69 Å². The normalized spacial score (nSPS) is 10.6. The van der Waals surface area contributed by atoms with Gasteiger partial charge in [0.05, 0.1) is 5.39 Å². The standard InChI is InChI=1S/C16H15N3O2S/c1-10-3-4-12(7-11(10)2)19-14(20)8-21-15-13-5-6-22-16(13)18-9-17-15/h3-7,9H,8H2,1-2H3,(H,19,20). The Balaban J connectivity index is 1.65. The Morgan fingerprint density at radius 2 is 2.09 bits per heavy atom. The first-order chi connectivity index (χ1) is 10.6. The van der Waals surface area contributed by atoms with Gasteiger partial charge in [0.15, 0.2) is 6.61 Å². The summed E-state index contributed by atoms with van der Waals surface area (Å²) in [5.74, 6) is 0.215. The van der Waals surface area contributed by atoms with Crippen molar-refractivity contribution < 1.29 is 9.53 Å². The SMILES string of the molecule is Cc1ccc(NC(=O)COc2ncnc3sccc23)cc1C. The number of aromatic nitrogens is 2. The van der Waals surface area contributed by atoms with E-state index in [9.17, 15) is 4.79 Å². The highest BCUT2D eigenvalue weighted by Gasteiger charge is 2.09. The summed E-state index contributed by atoms with van der Waals surface area (Å²) in [5.41, 5.74) is 3.09. The van der Waals surface area contributed by atoms with Crippen molar-refractivity contribution in [2.24, 2.45) is 0 Å². The van der Waals surface area contributed by atoms with E-state index in [1.165, 1.54) is 23.2 Å². The lowest BCUT2D eigenvalue weighted by atomic mass is 10.1. The Kier molecular flexibility index (Phi) is 4.02. The number of thiophene rings is 1. The molecule has 22 heavy (non-hydrogen) atoms. The molecule has 0 unspecified atom stereocenters. The highest BCUT2D eigenvalue weighted by molar-refractivity contribution is 7.16. The third-order valence-corrected chi connectivity index (χ3v) is 4.18. The van der Waals surface area contributed by atoms with Crippen molar-refractivity contribution in [1.82, 2.24) is 9.97 Å². The molecule has 1 N–H and O–H groups in total. The Hall–Kier alpha value is -2.47. The summed E-state index contributed by atoms with van der Waals surface area (Å²) >= 11 is 1.51. The molecule has 0 atom stereocenters. The van der Waals surface area contributed by atoms with Gasteiger partial charge < -0.3 is 10.1 Å². The molecule has 0 radical (unpaired) electrons. The van der Waals surface area contributed by atoms with E-state index in [4.69, 9.17) is 4.74 Å². The van der Waals surface area contributed by atoms with Crippen molar-refractivity contribution >= 4 is 33.1 Å². The first kappa shape index (κ1) is 14.5. The molecule has 0 aliphatic heterocycles. The van der Waals surface area contributed by atoms with Gasteiger partial charge in [-0.15, -0.1) is 11.3 Å². The van der Waals surface area contributed by atoms with Crippen LogP contribution in [-0.4, -0.2) is 22.5 Å². The maximum Gasteiger partial charge on any atom is 0.262 e. The van der Waals surface area contributed by atoms with Gasteiger partial charge in [-0.05, 0) is 48.6 Å². The number of carbonyl (C=O) groups excluding carboxylic acids is 1. The van der Waals surface area contributed by atoms with Crippen LogP contribution in [0.15, 0.2) is 36.0 Å². The van der Waals surface area contributed by atoms with E-state index in [0.29, 0.717) is 5.88 Å². The van der Waals surface area contributed by atoms with E-state index < -0.39 is 0 Å². The number of hydrogen-bond acceptors (Lipinski definition) is 5. The van der Waals surface area contributed by atoms with Crippen molar-refractivity contribution in [3.05, 3.63) is 47.1 Å². The minimum absolute atomic E-state index is 0.0884. The lowest BCUT2D eigenvalue weighted by molar-refractivity contribution is -0.118. The average molecular weight is 313 g/mol. The van der Waals surface area contributed by atoms with Crippen LogP contribution in [0.25, 0.3) is 10.2 Å². The van der Waals surface area contributed by atoms with Crippen LogP contribution >= 0.6 is 11.3 Å². The molecular formula is C16H15N3O2S. The fourth-order valence-corrected chi connectivity index (χ4v) is 2.76. The van der Waals surface area contributed by atoms with Crippen molar-refractivity contribution in [2.75, 3.05) is 11.9 Å². The van der Waals surface area contributed by atoms with E-state index in [2.05, 4.69) is 15.3 Å². The molecule has 0 aliphatic carbocycles. The molecule has 1 amide bonds. The number of rotatable bonds is 4. The van der Waals surface area contributed by atoms with Crippen molar-refractivity contribution in [1.29, 1.82) is 0 Å². The second-order valence-corrected chi connectivity index (χ2v) is 5.85. The van der Waals surface area contributed by atoms with Crippen LogP contribution in [0.3, 0.4) is 0 Å². The topological polar surface area (TPSA) is 64.1 Å². The van der Waals surface area contributed by atoms with Gasteiger partial charge in [0.1, 0.15) is 11.2 Å². The summed E-state index contributed by atoms with van der Waals surface area (Å²) in [5, 5.41) is 5.56. The molecule has 0 saturated carbocycles. The van der Waals surface area contributed by atoms with Crippen molar-refractivity contribution in [3.63, 3.8) is 0 Å². The second-order valence-electron chi connectivity index (χ2n) is 4.95. The van der Waals surface area contributed by atoms with Crippen molar-refractivity contribution in [2.45, 2.75) is 13.8 Å². The largest absolute Gasteiger partial charge is 0.467 e. The smallest absolute Gasteiger partial charge is 0.262 e. The molecular weight excluding hydrogens is 298 g/mol. The lowest BCUT2D eigenvalue weighted by Gasteiger charge is -2.09. The van der Waals surface area contributed by atoms with Gasteiger partial charge in [-0.1, -0.05) is 6.07 Å². The van der Waals surface area contributed by atoms with Gasteiger partial charge in [-0.25, -0.2) is 9.97 Å². The zero-order valence-electron chi connectivity index (χ0n) is 12.3. The third kappa shape index (κ3) is 3.07. The monoisotopic (exact) mass is 313 g/mol. The zero-order valence-corrected chi connectivity index (χ0v) is 13.1. The number of amides is 1. The summed E-state index contributed by atoms with van der Waals surface area (Å²) in [6.07, 6.45) is 1.44. The van der Waals surface area contributed by atoms with Crippen LogP contribution in [0.1, 0.15) is 11.1 Å². The maximum atomic E-state index is 12.0. The van der Waals surface area contributed by atoms with Gasteiger partial charge in [-0.2, -0.15) is 0 Å². The predicted octanol–water partition coefficient (Wildman–Crippen LogP) is 3.33. The molecule has 1 aromatic carbocycles. The minimum atomic E-state index is -0.217. The summed E-state index contributed by atoms with van der Waals surface area (Å²) in [4.78, 5) is 21.0. The first-order valence-corrected chi connectivity index (χ1v) is 7.69. The Labute approximate surface area is 132 Å². The second kappa shape index (κ2) is 6.11. The summed E-state index contributed by atoms with van der Waals surface area (Å²) in [6.45, 7) is 3.95. The number of benzene rings is 1. The van der Waals surface area contributed by atoms with E-state index in [1.807, 2.05) is 43.5 Å². The van der Waals surface area contributed by atoms with E-state index in [-0.39, 0.29) is 12.5 Å². The number of nitrogens with zero attached hydrogens (tertiary/aromatic N) is 2. The highest BCUT2D eigenvalue weighted by atomic mass is 32.1. The average Bonchev–Trinajstić information content (AvgIpc) is 2.98. The number of ether oxygens (including phenoxy) is 1. The summed E-state index contributed by atoms with van der Waals surface area (Å²) in [6, 6.07) is 7.68. The molecule has 2 heterocycles. The molecule has 5 nitrogen and oxygen atoms in total. The lowest BCUT2D eigenvalue weighted by Crippen LogP contribution is -2.20. The van der Waals surface area contributed by atoms with Crippen LogP contribution in [-0.2, 0) is 4.79 Å².